The molecule has 27 heavy (non-hydrogen) atoms. The van der Waals surface area contributed by atoms with Gasteiger partial charge in [-0.2, -0.15) is 10.2 Å². The molecule has 2 heterocycles. The fourth-order valence-corrected chi connectivity index (χ4v) is 3.50. The Kier molecular flexibility index (Phi) is 4.15. The highest BCUT2D eigenvalue weighted by atomic mass is 16.1. The van der Waals surface area contributed by atoms with E-state index >= 15 is 0 Å². The van der Waals surface area contributed by atoms with Crippen molar-refractivity contribution in [3.63, 3.8) is 0 Å². The molecule has 0 aliphatic rings. The molecule has 5 nitrogen and oxygen atoms in total. The van der Waals surface area contributed by atoms with E-state index in [1.807, 2.05) is 57.2 Å². The zero-order valence-corrected chi connectivity index (χ0v) is 16.0. The van der Waals surface area contributed by atoms with Crippen LogP contribution in [0.4, 0.5) is 0 Å². The summed E-state index contributed by atoms with van der Waals surface area (Å²) in [6, 6.07) is 14.2. The lowest BCUT2D eigenvalue weighted by Crippen LogP contribution is -2.26. The van der Waals surface area contributed by atoms with Gasteiger partial charge in [0.2, 0.25) is 0 Å². The average Bonchev–Trinajstić information content (AvgIpc) is 3.07. The van der Waals surface area contributed by atoms with Crippen LogP contribution in [0.5, 0.6) is 0 Å². The van der Waals surface area contributed by atoms with E-state index in [2.05, 4.69) is 23.2 Å². The van der Waals surface area contributed by atoms with E-state index in [1.54, 1.807) is 15.6 Å². The van der Waals surface area contributed by atoms with Gasteiger partial charge in [-0.15, -0.1) is 0 Å². The number of benzene rings is 2. The molecule has 0 saturated carbocycles. The zero-order chi connectivity index (χ0) is 19.1. The van der Waals surface area contributed by atoms with Crippen LogP contribution in [0.2, 0.25) is 0 Å². The van der Waals surface area contributed by atoms with Gasteiger partial charge in [0, 0.05) is 5.39 Å². The monoisotopic (exact) mass is 358 g/mol. The van der Waals surface area contributed by atoms with Crippen molar-refractivity contribution >= 4 is 10.9 Å². The molecule has 0 N–H and O–H groups in total. The van der Waals surface area contributed by atoms with Crippen molar-refractivity contribution < 1.29 is 0 Å². The zero-order valence-electron chi connectivity index (χ0n) is 16.0. The lowest BCUT2D eigenvalue weighted by molar-refractivity contribution is 0.632. The van der Waals surface area contributed by atoms with Crippen LogP contribution in [0.3, 0.4) is 0 Å². The molecule has 4 aromatic rings. The highest BCUT2D eigenvalue weighted by Gasteiger charge is 2.16. The van der Waals surface area contributed by atoms with Crippen LogP contribution in [-0.2, 0) is 6.54 Å². The first kappa shape index (κ1) is 17.2. The Morgan fingerprint density at radius 3 is 2.48 bits per heavy atom. The maximum atomic E-state index is 13.3. The van der Waals surface area contributed by atoms with Crippen molar-refractivity contribution in [1.29, 1.82) is 0 Å². The van der Waals surface area contributed by atoms with Crippen LogP contribution in [0, 0.1) is 27.7 Å². The molecule has 2 aromatic carbocycles. The van der Waals surface area contributed by atoms with Crippen LogP contribution >= 0.6 is 0 Å². The molecule has 0 radical (unpaired) electrons. The van der Waals surface area contributed by atoms with Gasteiger partial charge in [0.05, 0.1) is 24.1 Å². The van der Waals surface area contributed by atoms with E-state index in [0.29, 0.717) is 12.1 Å². The van der Waals surface area contributed by atoms with Gasteiger partial charge in [-0.3, -0.25) is 4.79 Å². The molecule has 0 fully saturated rings. The molecule has 2 aromatic heterocycles. The Morgan fingerprint density at radius 1 is 0.963 bits per heavy atom. The van der Waals surface area contributed by atoms with Gasteiger partial charge in [0.15, 0.2) is 0 Å². The summed E-state index contributed by atoms with van der Waals surface area (Å²) in [6.07, 6.45) is 1.73. The number of rotatable bonds is 3. The number of aromatic nitrogens is 4. The topological polar surface area (TPSA) is 52.7 Å². The fraction of sp³-hybridized carbons (Fsp3) is 0.227. The quantitative estimate of drug-likeness (QED) is 0.559. The van der Waals surface area contributed by atoms with Gasteiger partial charge in [-0.25, -0.2) is 9.36 Å². The molecule has 0 spiro atoms. The summed E-state index contributed by atoms with van der Waals surface area (Å²) < 4.78 is 3.29. The lowest BCUT2D eigenvalue weighted by atomic mass is 10.1. The van der Waals surface area contributed by atoms with E-state index in [-0.39, 0.29) is 5.56 Å². The summed E-state index contributed by atoms with van der Waals surface area (Å²) >= 11 is 0. The van der Waals surface area contributed by atoms with Crippen LogP contribution in [0.25, 0.3) is 16.6 Å². The first-order valence-corrected chi connectivity index (χ1v) is 9.03. The number of hydrogen-bond donors (Lipinski definition) is 0. The molecule has 5 heteroatoms. The maximum absolute atomic E-state index is 13.3. The van der Waals surface area contributed by atoms with Gasteiger partial charge in [0.25, 0.3) is 5.56 Å². The van der Waals surface area contributed by atoms with E-state index in [1.165, 1.54) is 5.56 Å². The van der Waals surface area contributed by atoms with Gasteiger partial charge in [0.1, 0.15) is 5.52 Å². The highest BCUT2D eigenvalue weighted by Crippen LogP contribution is 2.21. The molecule has 0 aliphatic carbocycles. The van der Waals surface area contributed by atoms with Crippen molar-refractivity contribution in [2.45, 2.75) is 34.2 Å². The third-order valence-electron chi connectivity index (χ3n) is 5.03. The predicted octanol–water partition coefficient (Wildman–Crippen LogP) is 3.86. The Hall–Kier alpha value is -3.21. The smallest absolute Gasteiger partial charge is 0.265 e. The van der Waals surface area contributed by atoms with Crippen molar-refractivity contribution in [2.75, 3.05) is 0 Å². The van der Waals surface area contributed by atoms with Crippen molar-refractivity contribution in [2.24, 2.45) is 0 Å². The lowest BCUT2D eigenvalue weighted by Gasteiger charge is -2.11. The summed E-state index contributed by atoms with van der Waals surface area (Å²) in [5.41, 5.74) is 6.66. The summed E-state index contributed by atoms with van der Waals surface area (Å²) in [5, 5.41) is 9.83. The summed E-state index contributed by atoms with van der Waals surface area (Å²) in [6.45, 7) is 8.51. The molecular weight excluding hydrogens is 336 g/mol. The van der Waals surface area contributed by atoms with Gasteiger partial charge in [-0.05, 0) is 50.5 Å². The summed E-state index contributed by atoms with van der Waals surface area (Å²) in [4.78, 5) is 13.3. The van der Waals surface area contributed by atoms with E-state index in [9.17, 15) is 4.79 Å². The number of hydrogen-bond acceptors (Lipinski definition) is 3. The molecule has 0 saturated heterocycles. The summed E-state index contributed by atoms with van der Waals surface area (Å²) in [5.74, 6) is 0. The average molecular weight is 358 g/mol. The molecule has 4 rings (SSSR count). The second-order valence-electron chi connectivity index (χ2n) is 7.08. The predicted molar refractivity (Wildman–Crippen MR) is 108 cm³/mol. The maximum Gasteiger partial charge on any atom is 0.293 e. The van der Waals surface area contributed by atoms with Crippen molar-refractivity contribution in [3.05, 3.63) is 87.0 Å². The van der Waals surface area contributed by atoms with E-state index in [4.69, 9.17) is 0 Å². The van der Waals surface area contributed by atoms with Gasteiger partial charge in [-0.1, -0.05) is 42.0 Å². The number of aryl methyl sites for hydroxylation is 4. The molecular formula is C22H22N4O. The van der Waals surface area contributed by atoms with Crippen LogP contribution in [0.15, 0.2) is 53.5 Å². The minimum Gasteiger partial charge on any atom is -0.265 e. The van der Waals surface area contributed by atoms with Gasteiger partial charge >= 0.3 is 0 Å². The summed E-state index contributed by atoms with van der Waals surface area (Å²) in [7, 11) is 0. The molecule has 136 valence electrons. The Balaban J connectivity index is 1.93. The third-order valence-corrected chi connectivity index (χ3v) is 5.03. The third kappa shape index (κ3) is 2.95. The van der Waals surface area contributed by atoms with Crippen molar-refractivity contribution in [3.8, 4) is 5.69 Å². The first-order valence-electron chi connectivity index (χ1n) is 9.03. The fourth-order valence-electron chi connectivity index (χ4n) is 3.50. The second-order valence-corrected chi connectivity index (χ2v) is 7.08. The van der Waals surface area contributed by atoms with Crippen molar-refractivity contribution in [1.82, 2.24) is 19.6 Å². The number of nitrogens with zero attached hydrogens (tertiary/aromatic N) is 4. The van der Waals surface area contributed by atoms with E-state index < -0.39 is 0 Å². The second kappa shape index (κ2) is 6.50. The normalized spacial score (nSPS) is 11.3. The van der Waals surface area contributed by atoms with Crippen LogP contribution in [0.1, 0.15) is 27.9 Å². The molecule has 0 aliphatic heterocycles. The first-order chi connectivity index (χ1) is 13.0. The Morgan fingerprint density at radius 2 is 1.74 bits per heavy atom. The Bertz CT molecular complexity index is 1220. The highest BCUT2D eigenvalue weighted by molar-refractivity contribution is 5.81. The number of fused-ring (bicyclic) bond motifs is 1. The SMILES string of the molecule is Cc1ccc(-n2ncc3c(C)nn(Cc4ccccc4C)c(=O)c32)c(C)c1. The molecule has 0 atom stereocenters. The van der Waals surface area contributed by atoms with Crippen LogP contribution < -0.4 is 5.56 Å². The Labute approximate surface area is 157 Å². The van der Waals surface area contributed by atoms with E-state index in [0.717, 1.165) is 33.5 Å². The minimum absolute atomic E-state index is 0.128. The van der Waals surface area contributed by atoms with Gasteiger partial charge < -0.3 is 0 Å². The largest absolute Gasteiger partial charge is 0.293 e. The molecule has 0 unspecified atom stereocenters. The van der Waals surface area contributed by atoms with Crippen LogP contribution in [-0.4, -0.2) is 19.6 Å². The molecule has 0 amide bonds. The standard InChI is InChI=1S/C22H22N4O/c1-14-9-10-20(16(3)11-14)26-21-19(12-23-26)17(4)24-25(22(21)27)13-18-8-6-5-7-15(18)2/h5-12H,13H2,1-4H3. The molecule has 0 bridgehead atoms. The minimum atomic E-state index is -0.128.